The first kappa shape index (κ1) is 29.2. The molecule has 228 valence electrons. The minimum absolute atomic E-state index is 0.0255. The van der Waals surface area contributed by atoms with Crippen LogP contribution < -0.4 is 15.4 Å². The largest absolute Gasteiger partial charge is 0.493 e. The van der Waals surface area contributed by atoms with Crippen LogP contribution in [0.3, 0.4) is 0 Å². The minimum atomic E-state index is -0.708. The lowest BCUT2D eigenvalue weighted by atomic mass is 9.77. The number of fused-ring (bicyclic) bond motifs is 5. The molecule has 4 aliphatic rings. The number of nitrogens with one attached hydrogen (secondary N) is 2. The lowest BCUT2D eigenvalue weighted by Crippen LogP contribution is -2.63. The van der Waals surface area contributed by atoms with E-state index in [9.17, 15) is 19.2 Å². The van der Waals surface area contributed by atoms with Gasteiger partial charge in [0.1, 0.15) is 17.8 Å². The lowest BCUT2D eigenvalue weighted by Gasteiger charge is -2.51. The number of ether oxygens (including phenoxy) is 1. The number of carbonyl (C=O) groups is 4. The molecule has 0 aromatic heterocycles. The standard InChI is InChI=1S/C34H42N4O5/c1-22-33(41)38-20-24-17-27(21-37(19-24)34(42)26-13-15-30-25(18-26)9-6-16-43-30)29(38)10-5-11-31(39)36-28(32(40)35-22)14-12-23-7-3-2-4-8-23/h2-4,7-8,13,15,18,22,24,27-29H,5-6,9-12,14,16-17,19-21H2,1H3,(H,35,40)(H,36,39)/t22-,24+,27-,28+,29+/m1/s1. The van der Waals surface area contributed by atoms with Crippen LogP contribution in [-0.4, -0.2) is 77.8 Å². The van der Waals surface area contributed by atoms with Crippen LogP contribution in [0.2, 0.25) is 0 Å². The summed E-state index contributed by atoms with van der Waals surface area (Å²) in [6, 6.07) is 14.1. The Hall–Kier alpha value is -3.88. The number of aryl methyl sites for hydroxylation is 2. The third-order valence-corrected chi connectivity index (χ3v) is 9.54. The molecule has 0 saturated carbocycles. The van der Waals surface area contributed by atoms with Crippen LogP contribution in [0.15, 0.2) is 48.5 Å². The number of piperidine rings is 2. The number of amides is 4. The topological polar surface area (TPSA) is 108 Å². The Balaban J connectivity index is 1.15. The number of likely N-dealkylation sites (tertiary alicyclic amines) is 1. The van der Waals surface area contributed by atoms with Crippen molar-refractivity contribution in [3.05, 3.63) is 65.2 Å². The second kappa shape index (κ2) is 12.8. The first-order chi connectivity index (χ1) is 20.9. The van der Waals surface area contributed by atoms with Gasteiger partial charge in [-0.1, -0.05) is 30.3 Å². The molecule has 0 unspecified atom stereocenters. The van der Waals surface area contributed by atoms with Gasteiger partial charge in [-0.25, -0.2) is 0 Å². The third kappa shape index (κ3) is 6.55. The Morgan fingerprint density at radius 1 is 0.977 bits per heavy atom. The summed E-state index contributed by atoms with van der Waals surface area (Å²) in [4.78, 5) is 57.6. The molecule has 4 heterocycles. The van der Waals surface area contributed by atoms with Crippen molar-refractivity contribution < 1.29 is 23.9 Å². The maximum absolute atomic E-state index is 13.8. The average molecular weight is 587 g/mol. The van der Waals surface area contributed by atoms with Gasteiger partial charge in [-0.05, 0) is 93.0 Å². The van der Waals surface area contributed by atoms with Crippen LogP contribution in [0.5, 0.6) is 5.75 Å². The van der Waals surface area contributed by atoms with E-state index in [1.807, 2.05) is 58.3 Å². The fourth-order valence-electron chi connectivity index (χ4n) is 7.40. The van der Waals surface area contributed by atoms with Crippen LogP contribution in [-0.2, 0) is 27.2 Å². The number of nitrogens with zero attached hydrogens (tertiary/aromatic N) is 2. The van der Waals surface area contributed by atoms with Crippen LogP contribution >= 0.6 is 0 Å². The summed E-state index contributed by atoms with van der Waals surface area (Å²) in [5, 5.41) is 5.84. The van der Waals surface area contributed by atoms with E-state index in [2.05, 4.69) is 10.6 Å². The van der Waals surface area contributed by atoms with Crippen molar-refractivity contribution in [1.29, 1.82) is 0 Å². The highest BCUT2D eigenvalue weighted by Gasteiger charge is 2.45. The maximum atomic E-state index is 13.8. The predicted octanol–water partition coefficient (Wildman–Crippen LogP) is 3.11. The van der Waals surface area contributed by atoms with Crippen LogP contribution in [0, 0.1) is 11.8 Å². The van der Waals surface area contributed by atoms with Gasteiger partial charge in [0.25, 0.3) is 5.91 Å². The van der Waals surface area contributed by atoms with Gasteiger partial charge in [-0.2, -0.15) is 0 Å². The van der Waals surface area contributed by atoms with Gasteiger partial charge in [0.15, 0.2) is 0 Å². The van der Waals surface area contributed by atoms with Gasteiger partial charge in [-0.3, -0.25) is 19.2 Å². The van der Waals surface area contributed by atoms with Gasteiger partial charge >= 0.3 is 0 Å². The van der Waals surface area contributed by atoms with E-state index in [0.717, 1.165) is 36.1 Å². The Morgan fingerprint density at radius 2 is 1.81 bits per heavy atom. The van der Waals surface area contributed by atoms with Crippen molar-refractivity contribution in [2.24, 2.45) is 11.8 Å². The number of hydrogen-bond donors (Lipinski definition) is 2. The van der Waals surface area contributed by atoms with Crippen LogP contribution in [0.1, 0.15) is 66.9 Å². The molecule has 0 spiro atoms. The highest BCUT2D eigenvalue weighted by Crippen LogP contribution is 2.37. The monoisotopic (exact) mass is 586 g/mol. The minimum Gasteiger partial charge on any atom is -0.493 e. The molecule has 2 bridgehead atoms. The molecule has 4 amide bonds. The molecular weight excluding hydrogens is 544 g/mol. The molecule has 3 saturated heterocycles. The van der Waals surface area contributed by atoms with Gasteiger partial charge in [-0.15, -0.1) is 0 Å². The average Bonchev–Trinajstić information content (AvgIpc) is 3.02. The highest BCUT2D eigenvalue weighted by molar-refractivity contribution is 5.95. The summed E-state index contributed by atoms with van der Waals surface area (Å²) in [5.41, 5.74) is 2.86. The summed E-state index contributed by atoms with van der Waals surface area (Å²) in [5.74, 6) is 0.620. The van der Waals surface area contributed by atoms with Gasteiger partial charge < -0.3 is 25.2 Å². The quantitative estimate of drug-likeness (QED) is 0.573. The molecule has 2 aromatic rings. The van der Waals surface area contributed by atoms with Crippen molar-refractivity contribution in [3.8, 4) is 5.75 Å². The zero-order valence-electron chi connectivity index (χ0n) is 24.9. The van der Waals surface area contributed by atoms with Gasteiger partial charge in [0.05, 0.1) is 6.61 Å². The van der Waals surface area contributed by atoms with E-state index in [-0.39, 0.29) is 41.5 Å². The molecule has 4 aliphatic heterocycles. The first-order valence-electron chi connectivity index (χ1n) is 15.8. The van der Waals surface area contributed by atoms with Crippen molar-refractivity contribution in [2.45, 2.75) is 76.4 Å². The Bertz CT molecular complexity index is 1360. The van der Waals surface area contributed by atoms with E-state index < -0.39 is 12.1 Å². The number of benzene rings is 2. The fourth-order valence-corrected chi connectivity index (χ4v) is 7.40. The normalized spacial score (nSPS) is 27.8. The van der Waals surface area contributed by atoms with Crippen LogP contribution in [0.25, 0.3) is 0 Å². The lowest BCUT2D eigenvalue weighted by molar-refractivity contribution is -0.145. The van der Waals surface area contributed by atoms with Crippen molar-refractivity contribution in [2.75, 3.05) is 26.2 Å². The smallest absolute Gasteiger partial charge is 0.253 e. The zero-order valence-corrected chi connectivity index (χ0v) is 24.9. The molecule has 9 heteroatoms. The number of carbonyl (C=O) groups excluding carboxylic acids is 4. The summed E-state index contributed by atoms with van der Waals surface area (Å²) < 4.78 is 5.73. The SMILES string of the molecule is C[C@H]1NC(=O)[C@H](CCc2ccccc2)NC(=O)CCC[C@H]2[C@@H]3C[C@@H](CN(C(=O)c4ccc5c(c4)CCCO5)C3)CN2C1=O. The van der Waals surface area contributed by atoms with E-state index in [0.29, 0.717) is 63.9 Å². The molecule has 2 aromatic carbocycles. The molecule has 0 aliphatic carbocycles. The summed E-state index contributed by atoms with van der Waals surface area (Å²) in [7, 11) is 0. The predicted molar refractivity (Wildman–Crippen MR) is 161 cm³/mol. The molecule has 5 atom stereocenters. The molecule has 3 fully saturated rings. The highest BCUT2D eigenvalue weighted by atomic mass is 16.5. The maximum Gasteiger partial charge on any atom is 0.253 e. The third-order valence-electron chi connectivity index (χ3n) is 9.54. The van der Waals surface area contributed by atoms with Crippen molar-refractivity contribution in [3.63, 3.8) is 0 Å². The molecule has 0 radical (unpaired) electrons. The van der Waals surface area contributed by atoms with E-state index in [4.69, 9.17) is 4.74 Å². The number of hydrogen-bond acceptors (Lipinski definition) is 5. The summed E-state index contributed by atoms with van der Waals surface area (Å²) in [6.07, 6.45) is 5.51. The summed E-state index contributed by atoms with van der Waals surface area (Å²) in [6.45, 7) is 4.17. The molecule has 2 N–H and O–H groups in total. The molecule has 9 nitrogen and oxygen atoms in total. The fraction of sp³-hybridized carbons (Fsp3) is 0.529. The van der Waals surface area contributed by atoms with Crippen molar-refractivity contribution in [1.82, 2.24) is 20.4 Å². The second-order valence-corrected chi connectivity index (χ2v) is 12.7. The first-order valence-corrected chi connectivity index (χ1v) is 15.8. The van der Waals surface area contributed by atoms with E-state index >= 15 is 0 Å². The summed E-state index contributed by atoms with van der Waals surface area (Å²) >= 11 is 0. The molecule has 43 heavy (non-hydrogen) atoms. The van der Waals surface area contributed by atoms with Crippen molar-refractivity contribution >= 4 is 23.6 Å². The van der Waals surface area contributed by atoms with E-state index in [1.54, 1.807) is 6.92 Å². The molecule has 6 rings (SSSR count). The Morgan fingerprint density at radius 3 is 2.65 bits per heavy atom. The second-order valence-electron chi connectivity index (χ2n) is 12.7. The number of rotatable bonds is 4. The molecular formula is C34H42N4O5. The van der Waals surface area contributed by atoms with Gasteiger partial charge in [0, 0.05) is 37.7 Å². The van der Waals surface area contributed by atoms with Crippen LogP contribution in [0.4, 0.5) is 0 Å². The van der Waals surface area contributed by atoms with Gasteiger partial charge in [0.2, 0.25) is 17.7 Å². The zero-order chi connectivity index (χ0) is 29.9. The Kier molecular flexibility index (Phi) is 8.68. The van der Waals surface area contributed by atoms with E-state index in [1.165, 1.54) is 0 Å². The Labute approximate surface area is 253 Å².